The van der Waals surface area contributed by atoms with Gasteiger partial charge >= 0.3 is 0 Å². The number of imidazole rings is 1. The van der Waals surface area contributed by atoms with Gasteiger partial charge < -0.3 is 20.2 Å². The van der Waals surface area contributed by atoms with Gasteiger partial charge in [0, 0.05) is 26.2 Å². The molecule has 0 bridgehead atoms. The summed E-state index contributed by atoms with van der Waals surface area (Å²) in [5.41, 5.74) is 2.55. The number of nitrogens with zero attached hydrogens (tertiary/aromatic N) is 7. The zero-order valence-electron chi connectivity index (χ0n) is 19.5. The third kappa shape index (κ3) is 5.15. The number of likely N-dealkylation sites (tertiary alicyclic amines) is 1. The van der Waals surface area contributed by atoms with Crippen molar-refractivity contribution in [1.29, 1.82) is 5.26 Å². The quantitative estimate of drug-likeness (QED) is 0.321. The van der Waals surface area contributed by atoms with Crippen LogP contribution in [0.5, 0.6) is 0 Å². The molecule has 1 saturated heterocycles. The molecule has 0 spiro atoms. The average molecular weight is 492 g/mol. The van der Waals surface area contributed by atoms with Gasteiger partial charge in [-0.3, -0.25) is 4.90 Å². The van der Waals surface area contributed by atoms with Crippen LogP contribution in [0, 0.1) is 17.9 Å². The van der Waals surface area contributed by atoms with Gasteiger partial charge in [0.2, 0.25) is 0 Å². The third-order valence-corrected chi connectivity index (χ3v) is 6.68. The zero-order chi connectivity index (χ0) is 24.4. The van der Waals surface area contributed by atoms with E-state index in [0.717, 1.165) is 57.3 Å². The highest BCUT2D eigenvalue weighted by atomic mass is 35.5. The molecule has 1 saturated carbocycles. The number of aromatic nitrogens is 4. The van der Waals surface area contributed by atoms with Crippen molar-refractivity contribution in [3.8, 4) is 6.07 Å². The van der Waals surface area contributed by atoms with E-state index in [-0.39, 0.29) is 5.95 Å². The third-order valence-electron chi connectivity index (χ3n) is 6.36. The van der Waals surface area contributed by atoms with Crippen LogP contribution in [0.25, 0.3) is 10.5 Å². The second-order valence-corrected chi connectivity index (χ2v) is 9.37. The van der Waals surface area contributed by atoms with Crippen LogP contribution in [0.2, 0.25) is 5.02 Å². The Morgan fingerprint density at radius 1 is 1.31 bits per heavy atom. The van der Waals surface area contributed by atoms with E-state index >= 15 is 0 Å². The summed E-state index contributed by atoms with van der Waals surface area (Å²) in [4.78, 5) is 14.7. The summed E-state index contributed by atoms with van der Waals surface area (Å²) < 4.78 is 6.78. The van der Waals surface area contributed by atoms with Gasteiger partial charge in [-0.2, -0.15) is 10.2 Å². The number of methoxy groups -OCH3 is 1. The van der Waals surface area contributed by atoms with Crippen LogP contribution in [-0.4, -0.2) is 63.4 Å². The summed E-state index contributed by atoms with van der Waals surface area (Å²) in [6.45, 7) is 10.4. The first-order valence-electron chi connectivity index (χ1n) is 11.7. The van der Waals surface area contributed by atoms with Crippen molar-refractivity contribution in [2.24, 2.45) is 0 Å². The van der Waals surface area contributed by atoms with Crippen LogP contribution < -0.4 is 10.6 Å². The second kappa shape index (κ2) is 10.0. The standard InChI is InChI=1S/C24H26ClN9O/c1-27-21-12-28-23-22(29-17-6-7-17)31-24(32-34(21)23)30-20-10-16(11-26)15(9-19(20)25)5-3-4-8-33-13-18(14-33)35-2/h9-10,12,17-18H,3-8,13-14H2,2H3,(H2,29,30,31,32). The largest absolute Gasteiger partial charge is 0.379 e. The molecule has 2 aromatic heterocycles. The molecular weight excluding hydrogens is 466 g/mol. The zero-order valence-corrected chi connectivity index (χ0v) is 20.2. The molecule has 35 heavy (non-hydrogen) atoms. The lowest BCUT2D eigenvalue weighted by molar-refractivity contribution is -0.0296. The Morgan fingerprint density at radius 2 is 2.14 bits per heavy atom. The van der Waals surface area contributed by atoms with E-state index in [4.69, 9.17) is 22.9 Å². The number of benzene rings is 1. The Morgan fingerprint density at radius 3 is 2.86 bits per heavy atom. The molecule has 2 aliphatic rings. The van der Waals surface area contributed by atoms with Crippen molar-refractivity contribution in [2.45, 2.75) is 44.2 Å². The van der Waals surface area contributed by atoms with Gasteiger partial charge in [0.1, 0.15) is 0 Å². The normalized spacial score (nSPS) is 16.0. The van der Waals surface area contributed by atoms with E-state index in [1.54, 1.807) is 13.2 Å². The highest BCUT2D eigenvalue weighted by Gasteiger charge is 2.26. The molecule has 1 aromatic carbocycles. The minimum absolute atomic E-state index is 0.269. The fourth-order valence-electron chi connectivity index (χ4n) is 4.16. The average Bonchev–Trinajstić information content (AvgIpc) is 3.55. The van der Waals surface area contributed by atoms with Crippen molar-refractivity contribution < 1.29 is 4.74 Å². The first kappa shape index (κ1) is 23.3. The number of unbranched alkanes of at least 4 members (excludes halogenated alkanes) is 1. The van der Waals surface area contributed by atoms with Crippen molar-refractivity contribution in [3.63, 3.8) is 0 Å². The molecule has 0 atom stereocenters. The summed E-state index contributed by atoms with van der Waals surface area (Å²) in [6.07, 6.45) is 6.79. The van der Waals surface area contributed by atoms with Gasteiger partial charge in [-0.15, -0.1) is 4.52 Å². The molecule has 2 N–H and O–H groups in total. The lowest BCUT2D eigenvalue weighted by Gasteiger charge is -2.38. The summed E-state index contributed by atoms with van der Waals surface area (Å²) in [7, 11) is 1.75. The van der Waals surface area contributed by atoms with Crippen molar-refractivity contribution in [3.05, 3.63) is 45.9 Å². The van der Waals surface area contributed by atoms with Crippen LogP contribution in [0.15, 0.2) is 18.3 Å². The molecule has 3 aromatic rings. The molecule has 10 nitrogen and oxygen atoms in total. The molecule has 1 aliphatic carbocycles. The van der Waals surface area contributed by atoms with Gasteiger partial charge in [-0.05, 0) is 56.3 Å². The second-order valence-electron chi connectivity index (χ2n) is 8.97. The smallest absolute Gasteiger partial charge is 0.275 e. The number of anilines is 3. The first-order chi connectivity index (χ1) is 17.1. The van der Waals surface area contributed by atoms with E-state index in [9.17, 15) is 5.26 Å². The topological polar surface area (TPSA) is 108 Å². The lowest BCUT2D eigenvalue weighted by atomic mass is 10.0. The summed E-state index contributed by atoms with van der Waals surface area (Å²) in [6, 6.07) is 6.22. The maximum Gasteiger partial charge on any atom is 0.275 e. The number of ether oxygens (including phenoxy) is 1. The number of aryl methyl sites for hydroxylation is 1. The minimum Gasteiger partial charge on any atom is -0.379 e. The predicted molar refractivity (Wildman–Crippen MR) is 133 cm³/mol. The van der Waals surface area contributed by atoms with Crippen molar-refractivity contribution in [2.75, 3.05) is 37.4 Å². The fraction of sp³-hybridized carbons (Fsp3) is 0.458. The number of halogens is 1. The van der Waals surface area contributed by atoms with Gasteiger partial charge in [0.15, 0.2) is 5.82 Å². The highest BCUT2D eigenvalue weighted by Crippen LogP contribution is 2.31. The summed E-state index contributed by atoms with van der Waals surface area (Å²) >= 11 is 6.59. The SMILES string of the molecule is [C-]#[N+]c1cnc2c(NC3CC3)nc(Nc3cc(C#N)c(CCCCN4CC(OC)C4)cc3Cl)nn12. The minimum atomic E-state index is 0.269. The number of hydrogen-bond acceptors (Lipinski definition) is 8. The van der Waals surface area contributed by atoms with Crippen LogP contribution >= 0.6 is 11.6 Å². The predicted octanol–water partition coefficient (Wildman–Crippen LogP) is 4.17. The Kier molecular flexibility index (Phi) is 6.69. The molecule has 2 fully saturated rings. The summed E-state index contributed by atoms with van der Waals surface area (Å²) in [5, 5.41) is 21.2. The van der Waals surface area contributed by atoms with E-state index in [1.165, 1.54) is 10.7 Å². The number of hydrogen-bond donors (Lipinski definition) is 2. The number of fused-ring (bicyclic) bond motifs is 1. The van der Waals surface area contributed by atoms with Gasteiger partial charge in [-0.1, -0.05) is 23.3 Å². The molecular formula is C24H26ClN9O. The molecule has 11 heteroatoms. The number of nitrogens with one attached hydrogen (secondary N) is 2. The van der Waals surface area contributed by atoms with E-state index < -0.39 is 0 Å². The Bertz CT molecular complexity index is 1320. The van der Waals surface area contributed by atoms with E-state index in [0.29, 0.717) is 45.7 Å². The van der Waals surface area contributed by atoms with Crippen LogP contribution in [0.1, 0.15) is 36.8 Å². The monoisotopic (exact) mass is 491 g/mol. The van der Waals surface area contributed by atoms with Crippen LogP contribution in [0.4, 0.5) is 23.3 Å². The Labute approximate surface area is 208 Å². The van der Waals surface area contributed by atoms with E-state index in [2.05, 4.69) is 41.5 Å². The highest BCUT2D eigenvalue weighted by molar-refractivity contribution is 6.33. The van der Waals surface area contributed by atoms with Gasteiger partial charge in [0.25, 0.3) is 17.4 Å². The maximum absolute atomic E-state index is 9.75. The van der Waals surface area contributed by atoms with Crippen molar-refractivity contribution >= 4 is 40.5 Å². The molecule has 5 rings (SSSR count). The van der Waals surface area contributed by atoms with Crippen LogP contribution in [0.3, 0.4) is 0 Å². The number of rotatable bonds is 10. The van der Waals surface area contributed by atoms with Crippen molar-refractivity contribution in [1.82, 2.24) is 24.5 Å². The molecule has 1 aliphatic heterocycles. The summed E-state index contributed by atoms with van der Waals surface area (Å²) in [5.74, 6) is 1.12. The van der Waals surface area contributed by atoms with Gasteiger partial charge in [0.05, 0.1) is 34.6 Å². The molecule has 3 heterocycles. The Balaban J connectivity index is 1.30. The van der Waals surface area contributed by atoms with Gasteiger partial charge in [-0.25, -0.2) is 4.98 Å². The molecule has 0 unspecified atom stereocenters. The number of nitriles is 1. The molecule has 0 radical (unpaired) electrons. The Hall–Kier alpha value is -3.44. The van der Waals surface area contributed by atoms with Crippen LogP contribution in [-0.2, 0) is 11.2 Å². The first-order valence-corrected chi connectivity index (χ1v) is 12.1. The fourth-order valence-corrected chi connectivity index (χ4v) is 4.40. The maximum atomic E-state index is 9.75. The van der Waals surface area contributed by atoms with E-state index in [1.807, 2.05) is 6.07 Å². The lowest BCUT2D eigenvalue weighted by Crippen LogP contribution is -2.51. The molecule has 0 amide bonds. The molecule has 180 valence electrons.